The Hall–Kier alpha value is -1.48. The lowest BCUT2D eigenvalue weighted by molar-refractivity contribution is 0.923. The fourth-order valence-electron chi connectivity index (χ4n) is 1.82. The molecule has 0 bridgehead atoms. The van der Waals surface area contributed by atoms with Crippen molar-refractivity contribution in [2.75, 3.05) is 6.54 Å². The molecule has 1 aromatic heterocycles. The fourth-order valence-corrected chi connectivity index (χ4v) is 1.82. The van der Waals surface area contributed by atoms with Gasteiger partial charge in [-0.15, -0.1) is 0 Å². The largest absolute Gasteiger partial charge is 0.327 e. The Morgan fingerprint density at radius 2 is 2.24 bits per heavy atom. The van der Waals surface area contributed by atoms with Gasteiger partial charge in [0.25, 0.3) is 0 Å². The lowest BCUT2D eigenvalue weighted by Crippen LogP contribution is -2.05. The summed E-state index contributed by atoms with van der Waals surface area (Å²) >= 11 is 0. The summed E-state index contributed by atoms with van der Waals surface area (Å²) in [5, 5.41) is 0. The van der Waals surface area contributed by atoms with Gasteiger partial charge in [0, 0.05) is 41.8 Å². The Labute approximate surface area is 102 Å². The molecule has 1 fully saturated rings. The van der Waals surface area contributed by atoms with Crippen molar-refractivity contribution in [3.8, 4) is 0 Å². The van der Waals surface area contributed by atoms with E-state index in [9.17, 15) is 0 Å². The molecule has 0 unspecified atom stereocenters. The second kappa shape index (κ2) is 5.23. The highest BCUT2D eigenvalue weighted by Gasteiger charge is 2.27. The Morgan fingerprint density at radius 3 is 2.76 bits per heavy atom. The van der Waals surface area contributed by atoms with Crippen LogP contribution in [0.2, 0.25) is 0 Å². The second-order valence-corrected chi connectivity index (χ2v) is 4.58. The van der Waals surface area contributed by atoms with Crippen LogP contribution in [0.4, 0.5) is 0 Å². The molecule has 2 N–H and O–H groups in total. The van der Waals surface area contributed by atoms with Gasteiger partial charge >= 0.3 is 0 Å². The average Bonchev–Trinajstić information content (AvgIpc) is 3.20. The van der Waals surface area contributed by atoms with Gasteiger partial charge in [0.05, 0.1) is 0 Å². The quantitative estimate of drug-likeness (QED) is 0.807. The molecule has 0 atom stereocenters. The van der Waals surface area contributed by atoms with E-state index in [-0.39, 0.29) is 0 Å². The molecule has 0 aromatic carbocycles. The lowest BCUT2D eigenvalue weighted by Gasteiger charge is -2.07. The van der Waals surface area contributed by atoms with E-state index in [1.54, 1.807) is 6.20 Å². The van der Waals surface area contributed by atoms with Crippen molar-refractivity contribution in [1.29, 1.82) is 0 Å². The van der Waals surface area contributed by atoms with Crippen molar-refractivity contribution in [2.24, 2.45) is 16.6 Å². The Morgan fingerprint density at radius 1 is 1.47 bits per heavy atom. The van der Waals surface area contributed by atoms with Crippen LogP contribution in [0.15, 0.2) is 40.8 Å². The zero-order valence-electron chi connectivity index (χ0n) is 10.5. The van der Waals surface area contributed by atoms with E-state index < -0.39 is 0 Å². The minimum atomic E-state index is 0.593. The predicted octanol–water partition coefficient (Wildman–Crippen LogP) is 2.53. The molecule has 0 spiro atoms. The summed E-state index contributed by atoms with van der Waals surface area (Å²) in [6.45, 7) is 4.70. The molecular formula is C14H19N3. The van der Waals surface area contributed by atoms with Crippen molar-refractivity contribution >= 4 is 5.71 Å². The summed E-state index contributed by atoms with van der Waals surface area (Å²) in [6, 6.07) is 3.97. The number of allylic oxidation sites excluding steroid dienone is 1. The normalized spacial score (nSPS) is 17.9. The molecule has 1 aliphatic rings. The summed E-state index contributed by atoms with van der Waals surface area (Å²) in [7, 11) is 0. The van der Waals surface area contributed by atoms with Gasteiger partial charge in [0.2, 0.25) is 0 Å². The van der Waals surface area contributed by atoms with Crippen molar-refractivity contribution in [3.05, 3.63) is 41.4 Å². The number of pyridine rings is 1. The van der Waals surface area contributed by atoms with Crippen LogP contribution in [0.1, 0.15) is 32.3 Å². The molecule has 0 aliphatic heterocycles. The molecule has 0 radical (unpaired) electrons. The molecule has 3 heteroatoms. The molecule has 90 valence electrons. The topological polar surface area (TPSA) is 51.3 Å². The third-order valence-electron chi connectivity index (χ3n) is 3.07. The van der Waals surface area contributed by atoms with Gasteiger partial charge in [-0.2, -0.15) is 0 Å². The first kappa shape index (κ1) is 12.0. The summed E-state index contributed by atoms with van der Waals surface area (Å²) in [4.78, 5) is 8.87. The number of aromatic nitrogens is 1. The van der Waals surface area contributed by atoms with Crippen LogP contribution in [-0.2, 0) is 0 Å². The number of hydrogen-bond donors (Lipinski definition) is 1. The molecule has 2 rings (SSSR count). The number of hydrogen-bond acceptors (Lipinski definition) is 3. The maximum absolute atomic E-state index is 5.71. The van der Waals surface area contributed by atoms with Crippen LogP contribution in [0.25, 0.3) is 0 Å². The van der Waals surface area contributed by atoms with E-state index in [0.717, 1.165) is 11.3 Å². The van der Waals surface area contributed by atoms with Crippen LogP contribution < -0.4 is 5.73 Å². The maximum atomic E-state index is 5.71. The van der Waals surface area contributed by atoms with Crippen molar-refractivity contribution < 1.29 is 0 Å². The van der Waals surface area contributed by atoms with Gasteiger partial charge < -0.3 is 5.73 Å². The molecule has 17 heavy (non-hydrogen) atoms. The number of rotatable bonds is 4. The number of nitrogens with zero attached hydrogens (tertiary/aromatic N) is 2. The molecule has 1 saturated carbocycles. The third-order valence-corrected chi connectivity index (χ3v) is 3.07. The first-order valence-electron chi connectivity index (χ1n) is 6.07. The summed E-state index contributed by atoms with van der Waals surface area (Å²) in [5.74, 6) is 0.630. The highest BCUT2D eigenvalue weighted by molar-refractivity contribution is 5.99. The van der Waals surface area contributed by atoms with Gasteiger partial charge in [0.15, 0.2) is 0 Å². The highest BCUT2D eigenvalue weighted by atomic mass is 14.8. The third kappa shape index (κ3) is 3.01. The van der Waals surface area contributed by atoms with Crippen LogP contribution in [0, 0.1) is 5.92 Å². The zero-order valence-corrected chi connectivity index (χ0v) is 10.5. The molecule has 0 saturated heterocycles. The fraction of sp³-hybridized carbons (Fsp3) is 0.429. The summed E-state index contributed by atoms with van der Waals surface area (Å²) < 4.78 is 0. The first-order valence-corrected chi connectivity index (χ1v) is 6.07. The smallest absolute Gasteiger partial charge is 0.0463 e. The van der Waals surface area contributed by atoms with Crippen molar-refractivity contribution in [1.82, 2.24) is 4.98 Å². The van der Waals surface area contributed by atoms with E-state index in [1.165, 1.54) is 24.1 Å². The second-order valence-electron chi connectivity index (χ2n) is 4.58. The van der Waals surface area contributed by atoms with Crippen LogP contribution in [-0.4, -0.2) is 17.2 Å². The Bertz CT molecular complexity index is 442. The minimum Gasteiger partial charge on any atom is -0.327 e. The molecule has 1 aliphatic carbocycles. The van der Waals surface area contributed by atoms with E-state index in [4.69, 9.17) is 10.7 Å². The van der Waals surface area contributed by atoms with E-state index in [0.29, 0.717) is 12.5 Å². The molecule has 3 nitrogen and oxygen atoms in total. The first-order chi connectivity index (χ1) is 8.22. The van der Waals surface area contributed by atoms with Crippen molar-refractivity contribution in [3.63, 3.8) is 0 Å². The zero-order chi connectivity index (χ0) is 12.3. The highest BCUT2D eigenvalue weighted by Crippen LogP contribution is 2.38. The van der Waals surface area contributed by atoms with Crippen LogP contribution >= 0.6 is 0 Å². The standard InChI is InChI=1S/C14H19N3/c1-10(8-15)14(12-5-6-12)17-11(2)13-4-3-7-16-9-13/h3-4,7,9,12H,5-6,8,15H2,1-2H3/b14-10+,17-11+. The van der Waals surface area contributed by atoms with E-state index in [1.807, 2.05) is 25.3 Å². The predicted molar refractivity (Wildman–Crippen MR) is 70.9 cm³/mol. The van der Waals surface area contributed by atoms with Gasteiger partial charge in [-0.25, -0.2) is 0 Å². The monoisotopic (exact) mass is 229 g/mol. The molecule has 1 heterocycles. The lowest BCUT2D eigenvalue weighted by atomic mass is 10.1. The van der Waals surface area contributed by atoms with Crippen LogP contribution in [0.3, 0.4) is 0 Å². The van der Waals surface area contributed by atoms with Gasteiger partial charge in [0.1, 0.15) is 0 Å². The van der Waals surface area contributed by atoms with Crippen LogP contribution in [0.5, 0.6) is 0 Å². The SMILES string of the molecule is C/C(=N\C(=C(/C)CN)C1CC1)c1cccnc1. The minimum absolute atomic E-state index is 0.593. The van der Waals surface area contributed by atoms with Crippen molar-refractivity contribution in [2.45, 2.75) is 26.7 Å². The molecule has 1 aromatic rings. The number of aliphatic imine (C=N–C) groups is 1. The summed E-state index contributed by atoms with van der Waals surface area (Å²) in [5.41, 5.74) is 10.2. The number of nitrogens with two attached hydrogens (primary N) is 1. The average molecular weight is 229 g/mol. The summed E-state index contributed by atoms with van der Waals surface area (Å²) in [6.07, 6.45) is 6.12. The van der Waals surface area contributed by atoms with E-state index in [2.05, 4.69) is 11.9 Å². The Kier molecular flexibility index (Phi) is 3.69. The molecule has 0 amide bonds. The van der Waals surface area contributed by atoms with Gasteiger partial charge in [-0.3, -0.25) is 9.98 Å². The molecular weight excluding hydrogens is 210 g/mol. The maximum Gasteiger partial charge on any atom is 0.0463 e. The van der Waals surface area contributed by atoms with Gasteiger partial charge in [-0.1, -0.05) is 6.07 Å². The van der Waals surface area contributed by atoms with E-state index >= 15 is 0 Å². The Balaban J connectivity index is 2.28. The van der Waals surface area contributed by atoms with Gasteiger partial charge in [-0.05, 0) is 38.3 Å².